The van der Waals surface area contributed by atoms with Gasteiger partial charge in [-0.05, 0) is 36.4 Å². The molecule has 20 heavy (non-hydrogen) atoms. The highest BCUT2D eigenvalue weighted by atomic mass is 32.2. The van der Waals surface area contributed by atoms with Gasteiger partial charge in [-0.1, -0.05) is 6.92 Å². The highest BCUT2D eigenvalue weighted by molar-refractivity contribution is 7.99. The van der Waals surface area contributed by atoms with Gasteiger partial charge < -0.3 is 10.6 Å². The van der Waals surface area contributed by atoms with Crippen molar-refractivity contribution in [3.05, 3.63) is 24.3 Å². The highest BCUT2D eigenvalue weighted by Crippen LogP contribution is 2.12. The first-order chi connectivity index (χ1) is 9.43. The molecule has 0 fully saturated rings. The zero-order valence-electron chi connectivity index (χ0n) is 11.3. The largest absolute Gasteiger partial charge is 0.337 e. The summed E-state index contributed by atoms with van der Waals surface area (Å²) in [4.78, 5) is 11.6. The molecule has 8 heteroatoms. The molecule has 0 saturated heterocycles. The van der Waals surface area contributed by atoms with E-state index in [4.69, 9.17) is 5.14 Å². The molecule has 0 aromatic heterocycles. The Kier molecular flexibility index (Phi) is 6.83. The molecule has 112 valence electrons. The number of hydrogen-bond acceptors (Lipinski definition) is 4. The summed E-state index contributed by atoms with van der Waals surface area (Å²) >= 11 is 1.78. The van der Waals surface area contributed by atoms with Gasteiger partial charge in [0.25, 0.3) is 0 Å². The van der Waals surface area contributed by atoms with Gasteiger partial charge in [0.15, 0.2) is 0 Å². The van der Waals surface area contributed by atoms with Crippen molar-refractivity contribution in [3.8, 4) is 0 Å². The van der Waals surface area contributed by atoms with Gasteiger partial charge in [0.05, 0.1) is 4.90 Å². The average Bonchev–Trinajstić information content (AvgIpc) is 2.38. The van der Waals surface area contributed by atoms with Crippen LogP contribution in [-0.2, 0) is 10.0 Å². The minimum atomic E-state index is -3.70. The number of rotatable bonds is 7. The van der Waals surface area contributed by atoms with E-state index in [1.54, 1.807) is 11.8 Å². The number of urea groups is 1. The summed E-state index contributed by atoms with van der Waals surface area (Å²) in [6.45, 7) is 2.70. The molecule has 1 rings (SSSR count). The van der Waals surface area contributed by atoms with E-state index < -0.39 is 10.0 Å². The van der Waals surface area contributed by atoms with E-state index in [2.05, 4.69) is 17.6 Å². The Balaban J connectivity index is 2.39. The van der Waals surface area contributed by atoms with Crippen LogP contribution in [0.25, 0.3) is 0 Å². The molecule has 0 unspecified atom stereocenters. The highest BCUT2D eigenvalue weighted by Gasteiger charge is 2.07. The lowest BCUT2D eigenvalue weighted by molar-refractivity contribution is 0.252. The van der Waals surface area contributed by atoms with Crippen LogP contribution in [0.2, 0.25) is 0 Å². The van der Waals surface area contributed by atoms with E-state index in [9.17, 15) is 13.2 Å². The second-order valence-electron chi connectivity index (χ2n) is 4.06. The fourth-order valence-corrected chi connectivity index (χ4v) is 2.64. The third-order valence-electron chi connectivity index (χ3n) is 2.32. The first-order valence-electron chi connectivity index (χ1n) is 6.19. The van der Waals surface area contributed by atoms with E-state index in [1.807, 2.05) is 0 Å². The van der Waals surface area contributed by atoms with E-state index in [1.165, 1.54) is 24.3 Å². The van der Waals surface area contributed by atoms with Crippen LogP contribution in [0.5, 0.6) is 0 Å². The molecule has 2 amide bonds. The number of benzene rings is 1. The fraction of sp³-hybridized carbons (Fsp3) is 0.417. The van der Waals surface area contributed by atoms with Crippen molar-refractivity contribution in [3.63, 3.8) is 0 Å². The maximum Gasteiger partial charge on any atom is 0.319 e. The van der Waals surface area contributed by atoms with Gasteiger partial charge in [-0.25, -0.2) is 18.4 Å². The summed E-state index contributed by atoms with van der Waals surface area (Å²) in [5.74, 6) is 1.95. The van der Waals surface area contributed by atoms with Crippen LogP contribution < -0.4 is 15.8 Å². The van der Waals surface area contributed by atoms with E-state index >= 15 is 0 Å². The molecule has 1 aromatic rings. The lowest BCUT2D eigenvalue weighted by Gasteiger charge is -2.07. The van der Waals surface area contributed by atoms with Crippen LogP contribution in [0.15, 0.2) is 29.2 Å². The Bertz CT molecular complexity index is 529. The number of hydrogen-bond donors (Lipinski definition) is 3. The zero-order chi connectivity index (χ0) is 15.0. The molecule has 1 aromatic carbocycles. The van der Waals surface area contributed by atoms with Gasteiger partial charge in [-0.2, -0.15) is 11.8 Å². The third-order valence-corrected chi connectivity index (χ3v) is 4.44. The topological polar surface area (TPSA) is 101 Å². The van der Waals surface area contributed by atoms with Gasteiger partial charge in [0.1, 0.15) is 0 Å². The minimum Gasteiger partial charge on any atom is -0.337 e. The summed E-state index contributed by atoms with van der Waals surface area (Å²) in [7, 11) is -3.70. The lowest BCUT2D eigenvalue weighted by Crippen LogP contribution is -2.30. The predicted octanol–water partition coefficient (Wildman–Crippen LogP) is 1.60. The minimum absolute atomic E-state index is 0.0134. The molecule has 0 aliphatic heterocycles. The first kappa shape index (κ1) is 16.8. The summed E-state index contributed by atoms with van der Waals surface area (Å²) in [5, 5.41) is 10.3. The molecule has 0 aliphatic rings. The molecular formula is C12H19N3O3S2. The number of amides is 2. The van der Waals surface area contributed by atoms with E-state index in [-0.39, 0.29) is 10.9 Å². The number of nitrogens with one attached hydrogen (secondary N) is 2. The second-order valence-corrected chi connectivity index (χ2v) is 6.85. The van der Waals surface area contributed by atoms with Gasteiger partial charge in [-0.3, -0.25) is 0 Å². The smallest absolute Gasteiger partial charge is 0.319 e. The van der Waals surface area contributed by atoms with Crippen LogP contribution in [0.1, 0.15) is 13.3 Å². The molecule has 0 atom stereocenters. The number of carbonyl (C=O) groups is 1. The summed E-state index contributed by atoms with van der Waals surface area (Å²) in [6, 6.07) is 5.37. The molecule has 0 bridgehead atoms. The van der Waals surface area contributed by atoms with E-state index in [0.717, 1.165) is 17.9 Å². The molecule has 0 heterocycles. The molecular weight excluding hydrogens is 298 g/mol. The maximum atomic E-state index is 11.6. The van der Waals surface area contributed by atoms with Crippen LogP contribution in [-0.4, -0.2) is 32.5 Å². The normalized spacial score (nSPS) is 11.1. The number of thioether (sulfide) groups is 1. The summed E-state index contributed by atoms with van der Waals surface area (Å²) < 4.78 is 22.1. The molecule has 0 aliphatic carbocycles. The van der Waals surface area contributed by atoms with Crippen molar-refractivity contribution in [2.45, 2.75) is 18.2 Å². The molecule has 0 saturated carbocycles. The summed E-state index contributed by atoms with van der Waals surface area (Å²) in [6.07, 6.45) is 1.12. The Morgan fingerprint density at radius 2 is 1.90 bits per heavy atom. The van der Waals surface area contributed by atoms with Crippen LogP contribution >= 0.6 is 11.8 Å². The maximum absolute atomic E-state index is 11.6. The quantitative estimate of drug-likeness (QED) is 0.665. The van der Waals surface area contributed by atoms with E-state index in [0.29, 0.717) is 12.2 Å². The second kappa shape index (κ2) is 8.13. The van der Waals surface area contributed by atoms with Crippen molar-refractivity contribution in [1.29, 1.82) is 0 Å². The van der Waals surface area contributed by atoms with Crippen LogP contribution in [0.3, 0.4) is 0 Å². The first-order valence-corrected chi connectivity index (χ1v) is 8.89. The van der Waals surface area contributed by atoms with Gasteiger partial charge in [-0.15, -0.1) is 0 Å². The molecule has 6 nitrogen and oxygen atoms in total. The van der Waals surface area contributed by atoms with Crippen molar-refractivity contribution in [1.82, 2.24) is 5.32 Å². The van der Waals surface area contributed by atoms with Crippen molar-refractivity contribution >= 4 is 33.5 Å². The monoisotopic (exact) mass is 317 g/mol. The number of sulfonamides is 1. The Hall–Kier alpha value is -1.25. The lowest BCUT2D eigenvalue weighted by atomic mass is 10.3. The molecule has 0 radical (unpaired) electrons. The van der Waals surface area contributed by atoms with Crippen molar-refractivity contribution in [2.75, 3.05) is 23.4 Å². The zero-order valence-corrected chi connectivity index (χ0v) is 12.9. The van der Waals surface area contributed by atoms with Crippen LogP contribution in [0.4, 0.5) is 10.5 Å². The summed E-state index contributed by atoms with van der Waals surface area (Å²) in [5.41, 5.74) is 0.510. The number of carbonyl (C=O) groups excluding carboxylic acids is 1. The standard InChI is InChI=1S/C12H19N3O3S2/c1-2-8-19-9-7-14-12(16)15-10-3-5-11(6-4-10)20(13,17)18/h3-6H,2,7-9H2,1H3,(H2,13,17,18)(H2,14,15,16). The van der Waals surface area contributed by atoms with Gasteiger partial charge in [0.2, 0.25) is 10.0 Å². The number of nitrogens with two attached hydrogens (primary N) is 1. The Morgan fingerprint density at radius 3 is 2.45 bits per heavy atom. The predicted molar refractivity (Wildman–Crippen MR) is 82.5 cm³/mol. The molecule has 4 N–H and O–H groups in total. The van der Waals surface area contributed by atoms with Gasteiger partial charge in [0, 0.05) is 18.0 Å². The van der Waals surface area contributed by atoms with Crippen LogP contribution in [0, 0.1) is 0 Å². The number of anilines is 1. The third kappa shape index (κ3) is 6.27. The average molecular weight is 317 g/mol. The number of primary sulfonamides is 1. The SMILES string of the molecule is CCCSCCNC(=O)Nc1ccc(S(N)(=O)=O)cc1. The van der Waals surface area contributed by atoms with Crippen molar-refractivity contribution in [2.24, 2.45) is 5.14 Å². The Labute approximate surface area is 123 Å². The van der Waals surface area contributed by atoms with Gasteiger partial charge >= 0.3 is 6.03 Å². The molecule has 0 spiro atoms. The van der Waals surface area contributed by atoms with Crippen molar-refractivity contribution < 1.29 is 13.2 Å². The fourth-order valence-electron chi connectivity index (χ4n) is 1.39. The Morgan fingerprint density at radius 1 is 1.25 bits per heavy atom.